The van der Waals surface area contributed by atoms with E-state index in [9.17, 15) is 4.79 Å². The molecule has 2 aromatic rings. The molecule has 3 rings (SSSR count). The van der Waals surface area contributed by atoms with E-state index in [2.05, 4.69) is 10.2 Å². The molecule has 0 saturated carbocycles. The van der Waals surface area contributed by atoms with Crippen molar-refractivity contribution in [3.8, 4) is 11.5 Å². The lowest BCUT2D eigenvalue weighted by Crippen LogP contribution is -2.37. The second kappa shape index (κ2) is 9.11. The summed E-state index contributed by atoms with van der Waals surface area (Å²) in [6.07, 6.45) is 0.639. The van der Waals surface area contributed by atoms with E-state index in [1.165, 1.54) is 0 Å². The Morgan fingerprint density at radius 2 is 2.04 bits per heavy atom. The van der Waals surface area contributed by atoms with Crippen molar-refractivity contribution in [2.24, 2.45) is 5.92 Å². The Kier molecular flexibility index (Phi) is 6.58. The second-order valence-corrected chi connectivity index (χ2v) is 7.41. The van der Waals surface area contributed by atoms with Crippen LogP contribution < -0.4 is 14.8 Å². The lowest BCUT2D eigenvalue weighted by molar-refractivity contribution is -0.126. The fourth-order valence-corrected chi connectivity index (χ4v) is 3.11. The van der Waals surface area contributed by atoms with E-state index < -0.39 is 0 Å². The van der Waals surface area contributed by atoms with Crippen molar-refractivity contribution >= 4 is 17.5 Å². The molecule has 0 aromatic heterocycles. The number of halogens is 1. The number of ether oxygens (including phenoxy) is 2. The van der Waals surface area contributed by atoms with Gasteiger partial charge in [-0.2, -0.15) is 0 Å². The summed E-state index contributed by atoms with van der Waals surface area (Å²) in [4.78, 5) is 14.6. The Morgan fingerprint density at radius 3 is 2.78 bits per heavy atom. The summed E-state index contributed by atoms with van der Waals surface area (Å²) in [7, 11) is 4.03. The summed E-state index contributed by atoms with van der Waals surface area (Å²) in [5, 5.41) is 3.65. The second-order valence-electron chi connectivity index (χ2n) is 6.98. The molecule has 5 nitrogen and oxygen atoms in total. The summed E-state index contributed by atoms with van der Waals surface area (Å²) in [5.74, 6) is 1.44. The summed E-state index contributed by atoms with van der Waals surface area (Å²) in [5.41, 5.74) is 2.01. The minimum Gasteiger partial charge on any atom is -0.492 e. The monoisotopic (exact) mass is 388 g/mol. The first-order valence-electron chi connectivity index (χ1n) is 9.06. The summed E-state index contributed by atoms with van der Waals surface area (Å²) < 4.78 is 11.4. The van der Waals surface area contributed by atoms with E-state index in [-0.39, 0.29) is 11.8 Å². The van der Waals surface area contributed by atoms with Gasteiger partial charge in [0.25, 0.3) is 0 Å². The highest BCUT2D eigenvalue weighted by Crippen LogP contribution is 2.29. The SMILES string of the molecule is CN(C)CCOc1ccc(CNC(=O)C2COc3ccc(Cl)cc3C2)cc1. The van der Waals surface area contributed by atoms with Crippen molar-refractivity contribution in [3.05, 3.63) is 58.6 Å². The first-order valence-corrected chi connectivity index (χ1v) is 9.44. The van der Waals surface area contributed by atoms with E-state index in [0.717, 1.165) is 29.2 Å². The Morgan fingerprint density at radius 1 is 1.26 bits per heavy atom. The van der Waals surface area contributed by atoms with Gasteiger partial charge in [-0.15, -0.1) is 0 Å². The van der Waals surface area contributed by atoms with Crippen LogP contribution in [-0.2, 0) is 17.8 Å². The molecule has 0 radical (unpaired) electrons. The van der Waals surface area contributed by atoms with E-state index in [4.69, 9.17) is 21.1 Å². The molecule has 0 aliphatic carbocycles. The van der Waals surface area contributed by atoms with Crippen LogP contribution in [0.5, 0.6) is 11.5 Å². The number of fused-ring (bicyclic) bond motifs is 1. The van der Waals surface area contributed by atoms with Crippen molar-refractivity contribution in [1.82, 2.24) is 10.2 Å². The van der Waals surface area contributed by atoms with Crippen LogP contribution in [0.1, 0.15) is 11.1 Å². The van der Waals surface area contributed by atoms with Crippen LogP contribution in [0.15, 0.2) is 42.5 Å². The van der Waals surface area contributed by atoms with Crippen LogP contribution in [0.4, 0.5) is 0 Å². The van der Waals surface area contributed by atoms with Crippen LogP contribution >= 0.6 is 11.6 Å². The Hall–Kier alpha value is -2.24. The Balaban J connectivity index is 1.48. The van der Waals surface area contributed by atoms with E-state index in [1.54, 1.807) is 6.07 Å². The maximum atomic E-state index is 12.5. The highest BCUT2D eigenvalue weighted by molar-refractivity contribution is 6.30. The zero-order valence-corrected chi connectivity index (χ0v) is 16.5. The molecule has 1 atom stereocenters. The van der Waals surface area contributed by atoms with Crippen molar-refractivity contribution in [2.75, 3.05) is 33.9 Å². The summed E-state index contributed by atoms with van der Waals surface area (Å²) in [6, 6.07) is 13.3. The highest BCUT2D eigenvalue weighted by atomic mass is 35.5. The largest absolute Gasteiger partial charge is 0.492 e. The van der Waals surface area contributed by atoms with Crippen LogP contribution in [0.25, 0.3) is 0 Å². The Bertz CT molecular complexity index is 777. The lowest BCUT2D eigenvalue weighted by atomic mass is 9.96. The van der Waals surface area contributed by atoms with E-state index >= 15 is 0 Å². The molecule has 1 aliphatic heterocycles. The van der Waals surface area contributed by atoms with E-state index in [1.807, 2.05) is 50.5 Å². The third-order valence-electron chi connectivity index (χ3n) is 4.50. The molecule has 0 saturated heterocycles. The number of likely N-dealkylation sites (N-methyl/N-ethyl adjacent to an activating group) is 1. The fraction of sp³-hybridized carbons (Fsp3) is 0.381. The van der Waals surface area contributed by atoms with Crippen molar-refractivity contribution in [1.29, 1.82) is 0 Å². The average molecular weight is 389 g/mol. The highest BCUT2D eigenvalue weighted by Gasteiger charge is 2.25. The molecule has 1 N–H and O–H groups in total. The minimum atomic E-state index is -0.204. The van der Waals surface area contributed by atoms with Gasteiger partial charge in [-0.3, -0.25) is 4.79 Å². The maximum absolute atomic E-state index is 12.5. The topological polar surface area (TPSA) is 50.8 Å². The van der Waals surface area contributed by atoms with Crippen LogP contribution in [0, 0.1) is 5.92 Å². The predicted octanol–water partition coefficient (Wildman–Crippen LogP) is 3.15. The van der Waals surface area contributed by atoms with Crippen molar-refractivity contribution < 1.29 is 14.3 Å². The molecule has 1 amide bonds. The normalized spacial score (nSPS) is 15.8. The first-order chi connectivity index (χ1) is 13.0. The molecule has 0 spiro atoms. The predicted molar refractivity (Wildman–Crippen MR) is 106 cm³/mol. The molecular weight excluding hydrogens is 364 g/mol. The van der Waals surface area contributed by atoms with Gasteiger partial charge in [-0.1, -0.05) is 23.7 Å². The van der Waals surface area contributed by atoms with Crippen LogP contribution in [0.2, 0.25) is 5.02 Å². The van der Waals surface area contributed by atoms with Crippen LogP contribution in [0.3, 0.4) is 0 Å². The molecule has 1 aliphatic rings. The molecule has 0 bridgehead atoms. The smallest absolute Gasteiger partial charge is 0.227 e. The van der Waals surface area contributed by atoms with E-state index in [0.29, 0.717) is 31.2 Å². The van der Waals surface area contributed by atoms with Gasteiger partial charge in [-0.05, 0) is 62.0 Å². The number of carbonyl (C=O) groups excluding carboxylic acids is 1. The van der Waals surface area contributed by atoms with Gasteiger partial charge >= 0.3 is 0 Å². The third-order valence-corrected chi connectivity index (χ3v) is 4.73. The van der Waals surface area contributed by atoms with Gasteiger partial charge in [0.15, 0.2) is 0 Å². The quantitative estimate of drug-likeness (QED) is 0.791. The number of rotatable bonds is 7. The van der Waals surface area contributed by atoms with Crippen molar-refractivity contribution in [2.45, 2.75) is 13.0 Å². The van der Waals surface area contributed by atoms with Gasteiger partial charge in [0, 0.05) is 18.1 Å². The number of hydrogen-bond donors (Lipinski definition) is 1. The molecule has 0 fully saturated rings. The number of carbonyl (C=O) groups is 1. The Labute approximate surface area is 165 Å². The number of amides is 1. The van der Waals surface area contributed by atoms with Gasteiger partial charge in [-0.25, -0.2) is 0 Å². The standard InChI is InChI=1S/C21H25ClN2O3/c1-24(2)9-10-26-19-6-3-15(4-7-19)13-23-21(25)17-11-16-12-18(22)5-8-20(16)27-14-17/h3-8,12,17H,9-11,13-14H2,1-2H3,(H,23,25). The lowest BCUT2D eigenvalue weighted by Gasteiger charge is -2.24. The molecule has 6 heteroatoms. The zero-order chi connectivity index (χ0) is 19.2. The van der Waals surface area contributed by atoms with Gasteiger partial charge in [0.2, 0.25) is 5.91 Å². The molecule has 1 heterocycles. The number of nitrogens with one attached hydrogen (secondary N) is 1. The fourth-order valence-electron chi connectivity index (χ4n) is 2.91. The molecule has 1 unspecified atom stereocenters. The first kappa shape index (κ1) is 19.5. The van der Waals surface area contributed by atoms with Gasteiger partial charge in [0.1, 0.15) is 24.7 Å². The number of benzene rings is 2. The van der Waals surface area contributed by atoms with Crippen molar-refractivity contribution in [3.63, 3.8) is 0 Å². The molecule has 2 aromatic carbocycles. The van der Waals surface area contributed by atoms with Gasteiger partial charge in [0.05, 0.1) is 5.92 Å². The zero-order valence-electron chi connectivity index (χ0n) is 15.7. The molecule has 144 valence electrons. The number of hydrogen-bond acceptors (Lipinski definition) is 4. The third kappa shape index (κ3) is 5.62. The maximum Gasteiger partial charge on any atom is 0.227 e. The summed E-state index contributed by atoms with van der Waals surface area (Å²) in [6.45, 7) is 2.39. The number of nitrogens with zero attached hydrogens (tertiary/aromatic N) is 1. The molecule has 27 heavy (non-hydrogen) atoms. The molecular formula is C21H25ClN2O3. The summed E-state index contributed by atoms with van der Waals surface area (Å²) >= 11 is 6.04. The van der Waals surface area contributed by atoms with Crippen LogP contribution in [-0.4, -0.2) is 44.7 Å². The average Bonchev–Trinajstić information content (AvgIpc) is 2.66. The minimum absolute atomic E-state index is 0.00747. The van der Waals surface area contributed by atoms with Gasteiger partial charge < -0.3 is 19.7 Å².